The number of nitrogen functional groups attached to an aromatic ring is 1. The number of methoxy groups -OCH3 is 1. The van der Waals surface area contributed by atoms with Crippen LogP contribution in [0.25, 0.3) is 10.9 Å². The van der Waals surface area contributed by atoms with E-state index in [0.29, 0.717) is 47.3 Å². The number of nitrogens with zero attached hydrogens (tertiary/aromatic N) is 2. The van der Waals surface area contributed by atoms with Gasteiger partial charge in [-0.2, -0.15) is 0 Å². The first-order valence-corrected chi connectivity index (χ1v) is 11.9. The second-order valence-electron chi connectivity index (χ2n) is 10.2. The van der Waals surface area contributed by atoms with Gasteiger partial charge >= 0.3 is 0 Å². The number of H-pyrrole nitrogens is 1. The van der Waals surface area contributed by atoms with Gasteiger partial charge in [-0.15, -0.1) is 0 Å². The minimum atomic E-state index is -0.482. The highest BCUT2D eigenvalue weighted by atomic mass is 16.5. The summed E-state index contributed by atoms with van der Waals surface area (Å²) in [4.78, 5) is 35.0. The first kappa shape index (κ1) is 22.5. The van der Waals surface area contributed by atoms with Crippen LogP contribution >= 0.6 is 0 Å². The fourth-order valence-electron chi connectivity index (χ4n) is 5.42. The molecule has 5 rings (SSSR count). The maximum absolute atomic E-state index is 13.8. The number of nitrogens with one attached hydrogen (secondary N) is 1. The van der Waals surface area contributed by atoms with Gasteiger partial charge in [0.25, 0.3) is 5.91 Å². The minimum absolute atomic E-state index is 0.0818. The average Bonchev–Trinajstić information content (AvgIpc) is 3.21. The molecule has 1 saturated heterocycles. The Morgan fingerprint density at radius 2 is 1.82 bits per heavy atom. The monoisotopic (exact) mass is 460 g/mol. The number of hydrogen-bond acceptors (Lipinski definition) is 5. The third kappa shape index (κ3) is 3.29. The predicted octanol–water partition coefficient (Wildman–Crippen LogP) is 3.80. The van der Waals surface area contributed by atoms with Gasteiger partial charge in [-0.25, -0.2) is 0 Å². The molecule has 178 valence electrons. The molecule has 0 spiro atoms. The molecule has 7 nitrogen and oxygen atoms in total. The van der Waals surface area contributed by atoms with Crippen LogP contribution in [0.2, 0.25) is 0 Å². The molecular weight excluding hydrogens is 428 g/mol. The van der Waals surface area contributed by atoms with Crippen molar-refractivity contribution < 1.29 is 14.3 Å². The minimum Gasteiger partial charge on any atom is -0.496 e. The Hall–Kier alpha value is -3.32. The summed E-state index contributed by atoms with van der Waals surface area (Å²) >= 11 is 0. The Labute approximate surface area is 199 Å². The van der Waals surface area contributed by atoms with Crippen molar-refractivity contribution in [3.8, 4) is 5.75 Å². The van der Waals surface area contributed by atoms with Gasteiger partial charge in [0.05, 0.1) is 18.2 Å². The van der Waals surface area contributed by atoms with E-state index in [2.05, 4.69) is 37.6 Å². The van der Waals surface area contributed by atoms with E-state index in [1.165, 1.54) is 0 Å². The van der Waals surface area contributed by atoms with Crippen LogP contribution in [0.4, 0.5) is 5.69 Å². The zero-order chi connectivity index (χ0) is 24.4. The molecule has 0 atom stereocenters. The molecule has 3 N–H and O–H groups in total. The summed E-state index contributed by atoms with van der Waals surface area (Å²) in [7, 11) is 1.57. The highest BCUT2D eigenvalue weighted by Gasteiger charge is 2.41. The SMILES string of the molecule is COc1cc2c(cc1C(=O)N1CCN(C(C)C)CC1)C(=O)c1c([nH]c3cc(N)ccc13)C2(C)C. The van der Waals surface area contributed by atoms with E-state index in [-0.39, 0.29) is 11.7 Å². The molecule has 2 aromatic carbocycles. The number of hydrogen-bond donors (Lipinski definition) is 2. The van der Waals surface area contributed by atoms with Gasteiger partial charge in [-0.05, 0) is 43.7 Å². The number of rotatable bonds is 3. The van der Waals surface area contributed by atoms with E-state index in [1.54, 1.807) is 13.2 Å². The van der Waals surface area contributed by atoms with Crippen molar-refractivity contribution in [3.05, 3.63) is 58.3 Å². The molecule has 7 heteroatoms. The summed E-state index contributed by atoms with van der Waals surface area (Å²) in [6.07, 6.45) is 0. The lowest BCUT2D eigenvalue weighted by molar-refractivity contribution is 0.0592. The van der Waals surface area contributed by atoms with Gasteiger partial charge in [-0.3, -0.25) is 14.5 Å². The molecule has 3 aromatic rings. The van der Waals surface area contributed by atoms with Crippen LogP contribution in [0.3, 0.4) is 0 Å². The second kappa shape index (κ2) is 7.87. The summed E-state index contributed by atoms with van der Waals surface area (Å²) in [5, 5.41) is 0.849. The number of ketones is 1. The van der Waals surface area contributed by atoms with E-state index in [0.717, 1.165) is 35.2 Å². The Morgan fingerprint density at radius 1 is 1.12 bits per heavy atom. The van der Waals surface area contributed by atoms with Crippen LogP contribution in [-0.4, -0.2) is 65.8 Å². The lowest BCUT2D eigenvalue weighted by Gasteiger charge is -2.37. The van der Waals surface area contributed by atoms with Gasteiger partial charge in [0.1, 0.15) is 5.75 Å². The smallest absolute Gasteiger partial charge is 0.257 e. The number of carbonyl (C=O) groups excluding carboxylic acids is 2. The van der Waals surface area contributed by atoms with Crippen LogP contribution in [0, 0.1) is 0 Å². The molecule has 1 aliphatic heterocycles. The van der Waals surface area contributed by atoms with Crippen molar-refractivity contribution in [1.82, 2.24) is 14.8 Å². The number of fused-ring (bicyclic) bond motifs is 4. The molecule has 34 heavy (non-hydrogen) atoms. The van der Waals surface area contributed by atoms with Gasteiger partial charge in [0, 0.05) is 65.5 Å². The third-order valence-electron chi connectivity index (χ3n) is 7.49. The summed E-state index contributed by atoms with van der Waals surface area (Å²) in [5.41, 5.74) is 10.3. The number of aromatic amines is 1. The fraction of sp³-hybridized carbons (Fsp3) is 0.407. The number of carbonyl (C=O) groups is 2. The number of aromatic nitrogens is 1. The van der Waals surface area contributed by atoms with Gasteiger partial charge in [0.2, 0.25) is 0 Å². The van der Waals surface area contributed by atoms with Crippen LogP contribution in [0.15, 0.2) is 30.3 Å². The van der Waals surface area contributed by atoms with E-state index >= 15 is 0 Å². The van der Waals surface area contributed by atoms with Crippen molar-refractivity contribution >= 4 is 28.3 Å². The Morgan fingerprint density at radius 3 is 2.47 bits per heavy atom. The standard InChI is InChI=1S/C27H32N4O3/c1-15(2)30-8-10-31(11-9-30)26(33)19-13-18-20(14-22(19)34-5)27(3,4)25-23(24(18)32)17-7-6-16(28)12-21(17)29-25/h6-7,12-15,29H,8-11,28H2,1-5H3. The number of amides is 1. The van der Waals surface area contributed by atoms with Gasteiger partial charge in [0.15, 0.2) is 5.78 Å². The van der Waals surface area contributed by atoms with E-state index < -0.39 is 5.41 Å². The molecule has 0 bridgehead atoms. The first-order chi connectivity index (χ1) is 16.1. The predicted molar refractivity (Wildman–Crippen MR) is 134 cm³/mol. The number of nitrogens with two attached hydrogens (primary N) is 1. The van der Waals surface area contributed by atoms with Crippen molar-refractivity contribution in [3.63, 3.8) is 0 Å². The van der Waals surface area contributed by atoms with Crippen molar-refractivity contribution in [1.29, 1.82) is 0 Å². The molecule has 0 radical (unpaired) electrons. The second-order valence-corrected chi connectivity index (χ2v) is 10.2. The number of benzene rings is 2. The fourth-order valence-corrected chi connectivity index (χ4v) is 5.42. The van der Waals surface area contributed by atoms with E-state index in [1.807, 2.05) is 29.2 Å². The lowest BCUT2D eigenvalue weighted by Crippen LogP contribution is -2.50. The topological polar surface area (TPSA) is 91.7 Å². The lowest BCUT2D eigenvalue weighted by atomic mass is 9.70. The average molecular weight is 461 g/mol. The molecule has 2 heterocycles. The number of anilines is 1. The van der Waals surface area contributed by atoms with Crippen molar-refractivity contribution in [2.24, 2.45) is 0 Å². The number of piperazine rings is 1. The van der Waals surface area contributed by atoms with E-state index in [4.69, 9.17) is 10.5 Å². The molecule has 2 aliphatic rings. The number of ether oxygens (including phenoxy) is 1. The highest BCUT2D eigenvalue weighted by Crippen LogP contribution is 2.45. The largest absolute Gasteiger partial charge is 0.496 e. The van der Waals surface area contributed by atoms with Crippen LogP contribution in [-0.2, 0) is 5.41 Å². The zero-order valence-electron chi connectivity index (χ0n) is 20.5. The molecule has 0 saturated carbocycles. The maximum Gasteiger partial charge on any atom is 0.257 e. The summed E-state index contributed by atoms with van der Waals surface area (Å²) in [6, 6.07) is 9.63. The quantitative estimate of drug-likeness (QED) is 0.580. The third-order valence-corrected chi connectivity index (χ3v) is 7.49. The highest BCUT2D eigenvalue weighted by molar-refractivity contribution is 6.21. The molecule has 1 amide bonds. The van der Waals surface area contributed by atoms with Gasteiger partial charge in [-0.1, -0.05) is 19.9 Å². The van der Waals surface area contributed by atoms with Gasteiger partial charge < -0.3 is 20.4 Å². The first-order valence-electron chi connectivity index (χ1n) is 11.9. The van der Waals surface area contributed by atoms with Crippen LogP contribution < -0.4 is 10.5 Å². The molecular formula is C27H32N4O3. The Balaban J connectivity index is 1.59. The molecule has 1 fully saturated rings. The van der Waals surface area contributed by atoms with Crippen LogP contribution in [0.5, 0.6) is 5.75 Å². The summed E-state index contributed by atoms with van der Waals surface area (Å²) < 4.78 is 5.68. The summed E-state index contributed by atoms with van der Waals surface area (Å²) in [6.45, 7) is 11.5. The maximum atomic E-state index is 13.8. The van der Waals surface area contributed by atoms with E-state index in [9.17, 15) is 9.59 Å². The van der Waals surface area contributed by atoms with Crippen LogP contribution in [0.1, 0.15) is 65.2 Å². The molecule has 0 unspecified atom stereocenters. The zero-order valence-corrected chi connectivity index (χ0v) is 20.5. The molecule has 1 aliphatic carbocycles. The Kier molecular flexibility index (Phi) is 5.20. The normalized spacial score (nSPS) is 17.7. The summed E-state index contributed by atoms with van der Waals surface area (Å²) in [5.74, 6) is 0.326. The van der Waals surface area contributed by atoms with Crippen molar-refractivity contribution in [2.45, 2.75) is 39.2 Å². The Bertz CT molecular complexity index is 1310. The molecule has 1 aromatic heterocycles. The van der Waals surface area contributed by atoms with Crippen molar-refractivity contribution in [2.75, 3.05) is 39.0 Å².